The highest BCUT2D eigenvalue weighted by atomic mass is 16.5. The van der Waals surface area contributed by atoms with E-state index in [1.165, 1.54) is 22.3 Å². The van der Waals surface area contributed by atoms with Crippen LogP contribution in [0.4, 0.5) is 5.69 Å². The van der Waals surface area contributed by atoms with Crippen LogP contribution in [-0.4, -0.2) is 6.61 Å². The van der Waals surface area contributed by atoms with Gasteiger partial charge in [-0.2, -0.15) is 0 Å². The highest BCUT2D eigenvalue weighted by Crippen LogP contribution is 2.45. The highest BCUT2D eigenvalue weighted by Gasteiger charge is 2.30. The van der Waals surface area contributed by atoms with Crippen molar-refractivity contribution in [2.24, 2.45) is 0 Å². The van der Waals surface area contributed by atoms with E-state index in [0.717, 1.165) is 17.0 Å². The van der Waals surface area contributed by atoms with Gasteiger partial charge in [0, 0.05) is 17.2 Å². The molecule has 1 heterocycles. The zero-order valence-electron chi connectivity index (χ0n) is 11.7. The van der Waals surface area contributed by atoms with Crippen LogP contribution in [0.25, 0.3) is 0 Å². The fourth-order valence-corrected chi connectivity index (χ4v) is 2.97. The van der Waals surface area contributed by atoms with Crippen LogP contribution in [0.1, 0.15) is 33.7 Å². The maximum atomic E-state index is 6.24. The van der Waals surface area contributed by atoms with Crippen molar-refractivity contribution < 1.29 is 4.74 Å². The minimum absolute atomic E-state index is 0.304. The van der Waals surface area contributed by atoms with Crippen molar-refractivity contribution in [2.45, 2.75) is 26.7 Å². The number of rotatable bonds is 1. The molecule has 0 unspecified atom stereocenters. The normalized spacial score (nSPS) is 17.1. The smallest absolute Gasteiger partial charge is 0.126 e. The summed E-state index contributed by atoms with van der Waals surface area (Å²) in [7, 11) is 0. The first-order valence-electron chi connectivity index (χ1n) is 6.68. The first-order valence-corrected chi connectivity index (χ1v) is 6.68. The van der Waals surface area contributed by atoms with Gasteiger partial charge >= 0.3 is 0 Å². The van der Waals surface area contributed by atoms with Gasteiger partial charge in [0.25, 0.3) is 0 Å². The number of hydrogen-bond acceptors (Lipinski definition) is 2. The first kappa shape index (κ1) is 12.1. The first-order chi connectivity index (χ1) is 9.11. The maximum Gasteiger partial charge on any atom is 0.126 e. The van der Waals surface area contributed by atoms with Gasteiger partial charge < -0.3 is 10.5 Å². The third kappa shape index (κ3) is 1.71. The Morgan fingerprint density at radius 2 is 1.68 bits per heavy atom. The largest absolute Gasteiger partial charge is 0.492 e. The molecule has 1 aliphatic heterocycles. The molecule has 0 radical (unpaired) electrons. The number of fused-ring (bicyclic) bond motifs is 1. The second kappa shape index (κ2) is 4.30. The zero-order chi connectivity index (χ0) is 13.6. The van der Waals surface area contributed by atoms with Crippen LogP contribution in [0.2, 0.25) is 0 Å². The van der Waals surface area contributed by atoms with Gasteiger partial charge in [0.15, 0.2) is 0 Å². The summed E-state index contributed by atoms with van der Waals surface area (Å²) < 4.78 is 5.96. The van der Waals surface area contributed by atoms with Gasteiger partial charge in [-0.05, 0) is 43.0 Å². The van der Waals surface area contributed by atoms with Crippen molar-refractivity contribution in [3.05, 3.63) is 58.1 Å². The number of anilines is 1. The number of hydrogen-bond donors (Lipinski definition) is 1. The Kier molecular flexibility index (Phi) is 2.74. The van der Waals surface area contributed by atoms with Crippen LogP contribution in [0.5, 0.6) is 5.75 Å². The van der Waals surface area contributed by atoms with Crippen molar-refractivity contribution in [3.8, 4) is 5.75 Å². The van der Waals surface area contributed by atoms with E-state index in [2.05, 4.69) is 45.0 Å². The summed E-state index contributed by atoms with van der Waals surface area (Å²) in [6.07, 6.45) is 0. The number of ether oxygens (including phenoxy) is 1. The third-order valence-corrected chi connectivity index (χ3v) is 4.30. The minimum atomic E-state index is 0.304. The minimum Gasteiger partial charge on any atom is -0.492 e. The average molecular weight is 253 g/mol. The molecule has 0 bridgehead atoms. The molecular weight excluding hydrogens is 234 g/mol. The molecule has 2 N–H and O–H groups in total. The Morgan fingerprint density at radius 3 is 2.37 bits per heavy atom. The Labute approximate surface area is 114 Å². The molecule has 2 heteroatoms. The molecule has 0 saturated heterocycles. The molecule has 1 atom stereocenters. The van der Waals surface area contributed by atoms with Gasteiger partial charge in [-0.1, -0.05) is 30.3 Å². The summed E-state index contributed by atoms with van der Waals surface area (Å²) >= 11 is 0. The molecular formula is C17H19NO. The topological polar surface area (TPSA) is 35.2 Å². The Hall–Kier alpha value is -1.96. The lowest BCUT2D eigenvalue weighted by Crippen LogP contribution is -2.05. The lowest BCUT2D eigenvalue weighted by molar-refractivity contribution is 0.341. The number of benzene rings is 2. The lowest BCUT2D eigenvalue weighted by atomic mass is 9.87. The number of nitrogens with two attached hydrogens (primary N) is 1. The second-order valence-corrected chi connectivity index (χ2v) is 5.31. The fourth-order valence-electron chi connectivity index (χ4n) is 2.97. The van der Waals surface area contributed by atoms with Gasteiger partial charge in [-0.15, -0.1) is 0 Å². The summed E-state index contributed by atoms with van der Waals surface area (Å²) in [5.41, 5.74) is 13.2. The van der Waals surface area contributed by atoms with E-state index >= 15 is 0 Å². The predicted molar refractivity (Wildman–Crippen MR) is 78.8 cm³/mol. The Bertz CT molecular complexity index is 632. The van der Waals surface area contributed by atoms with E-state index in [1.54, 1.807) is 0 Å². The standard InChI is InChI=1S/C17H19NO/c1-10-11(2)17-15(12(3)16(10)18)14(9-19-17)13-7-5-4-6-8-13/h4-8,14H,9,18H2,1-3H3/t14-/m1/s1. The summed E-state index contributed by atoms with van der Waals surface area (Å²) in [6, 6.07) is 10.5. The summed E-state index contributed by atoms with van der Waals surface area (Å²) in [6.45, 7) is 6.98. The van der Waals surface area contributed by atoms with Crippen molar-refractivity contribution in [3.63, 3.8) is 0 Å². The maximum absolute atomic E-state index is 6.24. The quantitative estimate of drug-likeness (QED) is 0.786. The van der Waals surface area contributed by atoms with Crippen molar-refractivity contribution in [1.82, 2.24) is 0 Å². The van der Waals surface area contributed by atoms with Crippen LogP contribution in [0.3, 0.4) is 0 Å². The van der Waals surface area contributed by atoms with E-state index in [-0.39, 0.29) is 0 Å². The van der Waals surface area contributed by atoms with E-state index < -0.39 is 0 Å². The van der Waals surface area contributed by atoms with Gasteiger partial charge in [0.05, 0.1) is 6.61 Å². The second-order valence-electron chi connectivity index (χ2n) is 5.31. The molecule has 0 fully saturated rings. The molecule has 2 aromatic carbocycles. The molecule has 0 spiro atoms. The Balaban J connectivity index is 2.21. The summed E-state index contributed by atoms with van der Waals surface area (Å²) in [5, 5.41) is 0. The van der Waals surface area contributed by atoms with Crippen LogP contribution in [-0.2, 0) is 0 Å². The fraction of sp³-hybridized carbons (Fsp3) is 0.294. The SMILES string of the molecule is Cc1c(C)c2c(c(C)c1N)[C@@H](c1ccccc1)CO2. The van der Waals surface area contributed by atoms with Gasteiger partial charge in [0.2, 0.25) is 0 Å². The van der Waals surface area contributed by atoms with Crippen LogP contribution >= 0.6 is 0 Å². The summed E-state index contributed by atoms with van der Waals surface area (Å²) in [5.74, 6) is 1.34. The molecule has 0 amide bonds. The molecule has 1 aliphatic rings. The van der Waals surface area contributed by atoms with E-state index in [1.807, 2.05) is 6.07 Å². The third-order valence-electron chi connectivity index (χ3n) is 4.30. The van der Waals surface area contributed by atoms with Gasteiger partial charge in [0.1, 0.15) is 5.75 Å². The van der Waals surface area contributed by atoms with E-state index in [9.17, 15) is 0 Å². The monoisotopic (exact) mass is 253 g/mol. The molecule has 0 saturated carbocycles. The average Bonchev–Trinajstić information content (AvgIpc) is 2.88. The van der Waals surface area contributed by atoms with Crippen LogP contribution in [0.15, 0.2) is 30.3 Å². The van der Waals surface area contributed by atoms with E-state index in [4.69, 9.17) is 10.5 Å². The zero-order valence-corrected chi connectivity index (χ0v) is 11.7. The molecule has 0 aromatic heterocycles. The van der Waals surface area contributed by atoms with E-state index in [0.29, 0.717) is 12.5 Å². The van der Waals surface area contributed by atoms with Crippen LogP contribution in [0, 0.1) is 20.8 Å². The van der Waals surface area contributed by atoms with Crippen molar-refractivity contribution >= 4 is 5.69 Å². The highest BCUT2D eigenvalue weighted by molar-refractivity contribution is 5.68. The van der Waals surface area contributed by atoms with Crippen LogP contribution < -0.4 is 10.5 Å². The number of nitrogen functional groups attached to an aromatic ring is 1. The molecule has 2 nitrogen and oxygen atoms in total. The van der Waals surface area contributed by atoms with Gasteiger partial charge in [-0.3, -0.25) is 0 Å². The molecule has 3 rings (SSSR count). The predicted octanol–water partition coefficient (Wildman–Crippen LogP) is 3.72. The molecule has 2 aromatic rings. The lowest BCUT2D eigenvalue weighted by Gasteiger charge is -2.17. The molecule has 98 valence electrons. The van der Waals surface area contributed by atoms with Crippen molar-refractivity contribution in [2.75, 3.05) is 12.3 Å². The summed E-state index contributed by atoms with van der Waals surface area (Å²) in [4.78, 5) is 0. The van der Waals surface area contributed by atoms with Gasteiger partial charge in [-0.25, -0.2) is 0 Å². The molecule has 0 aliphatic carbocycles. The Morgan fingerprint density at radius 1 is 1.00 bits per heavy atom. The molecule has 19 heavy (non-hydrogen) atoms. The van der Waals surface area contributed by atoms with Crippen molar-refractivity contribution in [1.29, 1.82) is 0 Å².